The number of aliphatic carboxylic acids is 2. The van der Waals surface area contributed by atoms with E-state index in [2.05, 4.69) is 71.3 Å². The maximum atomic E-state index is 13.1. The zero-order chi connectivity index (χ0) is 64.8. The molecule has 1 saturated carbocycles. The van der Waals surface area contributed by atoms with E-state index in [0.717, 1.165) is 6.92 Å². The van der Waals surface area contributed by atoms with Crippen molar-refractivity contribution in [3.63, 3.8) is 0 Å². The molecule has 5 fully saturated rings. The summed E-state index contributed by atoms with van der Waals surface area (Å²) in [4.78, 5) is 34.7. The summed E-state index contributed by atoms with van der Waals surface area (Å²) in [5, 5.41) is 107. The molecular formula is C32H54N2O45S7. The molecule has 0 radical (unpaired) electrons. The molecule has 86 heavy (non-hydrogen) atoms. The Labute approximate surface area is 492 Å². The number of thiol groups is 2. The summed E-state index contributed by atoms with van der Waals surface area (Å²) in [6, 6.07) is -4.54. The Morgan fingerprint density at radius 1 is 0.477 bits per heavy atom. The molecule has 5 aliphatic rings. The van der Waals surface area contributed by atoms with Gasteiger partial charge in [-0.1, -0.05) is 6.92 Å². The molecule has 5 rings (SSSR count). The molecule has 0 spiro atoms. The largest absolute Gasteiger partial charge is 0.479 e. The highest BCUT2D eigenvalue weighted by atomic mass is 32.3. The van der Waals surface area contributed by atoms with Crippen LogP contribution in [0.3, 0.4) is 0 Å². The van der Waals surface area contributed by atoms with Gasteiger partial charge < -0.3 is 83.9 Å². The van der Waals surface area contributed by atoms with Crippen LogP contribution in [0.25, 0.3) is 0 Å². The van der Waals surface area contributed by atoms with Gasteiger partial charge in [-0.15, -0.1) is 18.6 Å². The number of hydroxylamine groups is 2. The fourth-order valence-corrected chi connectivity index (χ4v) is 11.1. The molecular weight excluding hydrogens is 1360 g/mol. The van der Waals surface area contributed by atoms with Crippen LogP contribution in [0.1, 0.15) is 13.3 Å². The Morgan fingerprint density at radius 3 is 1.45 bits per heavy atom. The molecule has 504 valence electrons. The summed E-state index contributed by atoms with van der Waals surface area (Å²) in [5.41, 5.74) is 3.63. The number of nitrogens with one attached hydrogen (secondary N) is 2. The first-order chi connectivity index (χ1) is 39.6. The summed E-state index contributed by atoms with van der Waals surface area (Å²) in [6.07, 6.45) is -53.6. The van der Waals surface area contributed by atoms with Crippen LogP contribution in [-0.2, 0) is 149 Å². The molecule has 0 amide bonds. The van der Waals surface area contributed by atoms with Gasteiger partial charge in [0.15, 0.2) is 43.5 Å². The summed E-state index contributed by atoms with van der Waals surface area (Å²) in [7, 11) is -28.3. The molecule has 0 aromatic carbocycles. The molecule has 4 aliphatic heterocycles. The second-order valence-corrected chi connectivity index (χ2v) is 23.9. The number of carbonyl (C=O) groups is 2. The Hall–Kier alpha value is -1.93. The summed E-state index contributed by atoms with van der Waals surface area (Å²) in [5.74, 6) is -7.99. The lowest BCUT2D eigenvalue weighted by atomic mass is 9.79. The molecule has 16 N–H and O–H groups in total. The third kappa shape index (κ3) is 21.1. The zero-order valence-corrected chi connectivity index (χ0v) is 48.0. The van der Waals surface area contributed by atoms with Crippen molar-refractivity contribution in [2.24, 2.45) is 11.8 Å². The minimum Gasteiger partial charge on any atom is -0.479 e. The Kier molecular flexibility index (Phi) is 27.1. The van der Waals surface area contributed by atoms with Crippen LogP contribution in [0.5, 0.6) is 0 Å². The number of ether oxygens (including phenoxy) is 8. The van der Waals surface area contributed by atoms with Crippen molar-refractivity contribution in [2.45, 2.75) is 154 Å². The SMILES string of the molecule is CC1[C@@H](O[C@@H]2C(C(=O)O)O[C@@H](O[C@H]3C(OS(=O)(=O)O)C(NOOOS)[C@@H](O[C@@H]4C(C(=O)O)O[C@@H](O[C@@H]5C(COS(=O)(=O)O)OC(O)C(NOOOS)[C@H]5O)C(OS(=O)(=O)O)[C@@H]4O)C[C@H]3COS(=O)(=O)O)C(O)[C@H]2O)OC(COS(=O)(=O)O)[C@@H](O)[C@@H]1O. The van der Waals surface area contributed by atoms with Crippen LogP contribution in [0.2, 0.25) is 0 Å². The van der Waals surface area contributed by atoms with E-state index in [1.165, 1.54) is 0 Å². The third-order valence-corrected chi connectivity index (χ3v) is 15.0. The molecule has 47 nitrogen and oxygen atoms in total. The van der Waals surface area contributed by atoms with Gasteiger partial charge in [-0.05, 0) is 16.5 Å². The van der Waals surface area contributed by atoms with Gasteiger partial charge >= 0.3 is 63.9 Å². The maximum absolute atomic E-state index is 13.1. The number of carboxylic acids is 2. The van der Waals surface area contributed by atoms with E-state index >= 15 is 0 Å². The van der Waals surface area contributed by atoms with Gasteiger partial charge in [0, 0.05) is 37.7 Å². The Bertz CT molecular complexity index is 2810. The number of rotatable bonds is 31. The predicted octanol–water partition coefficient (Wildman–Crippen LogP) is -10.2. The highest BCUT2D eigenvalue weighted by Crippen LogP contribution is 2.40. The van der Waals surface area contributed by atoms with Crippen LogP contribution in [-0.4, -0.2) is 284 Å². The topological polar surface area (TPSA) is 687 Å². The van der Waals surface area contributed by atoms with Gasteiger partial charge in [0.1, 0.15) is 73.2 Å². The van der Waals surface area contributed by atoms with E-state index in [1.54, 1.807) is 5.48 Å². The molecule has 11 unspecified atom stereocenters. The van der Waals surface area contributed by atoms with Gasteiger partial charge in [0.05, 0.1) is 44.2 Å². The molecule has 1 aliphatic carbocycles. The first-order valence-electron chi connectivity index (χ1n) is 23.1. The lowest BCUT2D eigenvalue weighted by molar-refractivity contribution is -0.495. The van der Waals surface area contributed by atoms with Crippen molar-refractivity contribution < 1.29 is 208 Å². The number of carboxylic acid groups (broad SMARTS) is 2. The van der Waals surface area contributed by atoms with Crippen LogP contribution in [0.4, 0.5) is 0 Å². The Balaban J connectivity index is 1.55. The van der Waals surface area contributed by atoms with E-state index in [-0.39, 0.29) is 0 Å². The quantitative estimate of drug-likeness (QED) is 0.00765. The number of hydrogen-bond donors (Lipinski definition) is 18. The van der Waals surface area contributed by atoms with Gasteiger partial charge in [0.2, 0.25) is 0 Å². The third-order valence-electron chi connectivity index (χ3n) is 12.7. The van der Waals surface area contributed by atoms with Crippen molar-refractivity contribution in [1.82, 2.24) is 11.0 Å². The van der Waals surface area contributed by atoms with Gasteiger partial charge in [-0.3, -0.25) is 22.8 Å². The second-order valence-electron chi connectivity index (χ2n) is 18.2. The van der Waals surface area contributed by atoms with Crippen molar-refractivity contribution in [3.8, 4) is 0 Å². The van der Waals surface area contributed by atoms with E-state index < -0.39 is 243 Å². The highest BCUT2D eigenvalue weighted by Gasteiger charge is 2.60. The van der Waals surface area contributed by atoms with Crippen molar-refractivity contribution >= 4 is 89.8 Å². The second kappa shape index (κ2) is 31.1. The fraction of sp³-hybridized carbons (Fsp3) is 0.938. The number of aliphatic hydroxyl groups is 7. The molecule has 4 heterocycles. The van der Waals surface area contributed by atoms with Crippen LogP contribution in [0, 0.1) is 11.8 Å². The molecule has 54 heteroatoms. The van der Waals surface area contributed by atoms with Crippen LogP contribution < -0.4 is 11.0 Å². The van der Waals surface area contributed by atoms with E-state index in [1.807, 2.05) is 5.48 Å². The molecule has 0 bridgehead atoms. The first kappa shape index (κ1) is 74.8. The first-order valence-corrected chi connectivity index (χ1v) is 30.6. The molecule has 4 saturated heterocycles. The minimum atomic E-state index is -6.04. The van der Waals surface area contributed by atoms with Crippen LogP contribution >= 0.6 is 25.8 Å². The van der Waals surface area contributed by atoms with Gasteiger partial charge in [-0.2, -0.15) is 53.0 Å². The molecule has 25 atom stereocenters. The fourth-order valence-electron chi connectivity index (χ4n) is 9.04. The van der Waals surface area contributed by atoms with Gasteiger partial charge in [-0.25, -0.2) is 30.5 Å². The average Bonchev–Trinajstić information content (AvgIpc) is 0.883. The lowest BCUT2D eigenvalue weighted by Gasteiger charge is -2.50. The van der Waals surface area contributed by atoms with Crippen molar-refractivity contribution in [2.75, 3.05) is 19.8 Å². The maximum Gasteiger partial charge on any atom is 0.397 e. The lowest BCUT2D eigenvalue weighted by Crippen LogP contribution is -2.69. The summed E-state index contributed by atoms with van der Waals surface area (Å²) < 4.78 is 241. The van der Waals surface area contributed by atoms with E-state index in [4.69, 9.17) is 46.6 Å². The zero-order valence-electron chi connectivity index (χ0n) is 42.1. The standard InChI is InChI=1S/C32H54N2O45S7/c1-6-13(35)14(36)9(4-62-83(49,50)51)66-30(6)69-22-16(38)17(39)31(70-25(22)27(41)42)67-19-7(3-61-82(46,47)48)2-8(11(33-74-76-78-80)21(19)72-85(55,56)57)64-23-18(40)24(73-86(58,59)60)32(71-26(23)28(43)44)68-20-10(5-63-84(52,53)54)65-29(45)12(15(20)37)34-75-77-79-81/h6-26,29-40,45,80-81H,2-5H2,1H3,(H,41,42)(H,43,44)(H,46,47,48)(H,49,50,51)(H,52,53,54)(H,55,56,57)(H,58,59,60)/t6?,7-,8-,9?,10?,11?,12?,13+,14+,15+,16+,17?,18+,19+,20+,21?,22-,23-,24?,25?,26?,29?,30+,31+,32+/m0/s1. The normalized spacial score (nSPS) is 39.6. The average molecular weight is 1410 g/mol. The summed E-state index contributed by atoms with van der Waals surface area (Å²) in [6.45, 7) is -3.10. The summed E-state index contributed by atoms with van der Waals surface area (Å²) >= 11 is 6.42. The number of hydrogen-bond acceptors (Lipinski definition) is 42. The highest BCUT2D eigenvalue weighted by molar-refractivity contribution is 7.81. The smallest absolute Gasteiger partial charge is 0.397 e. The number of aliphatic hydroxyl groups excluding tert-OH is 7. The predicted molar refractivity (Wildman–Crippen MR) is 252 cm³/mol. The van der Waals surface area contributed by atoms with Crippen molar-refractivity contribution in [3.05, 3.63) is 0 Å². The van der Waals surface area contributed by atoms with E-state index in [9.17, 15) is 116 Å². The van der Waals surface area contributed by atoms with E-state index in [0.29, 0.717) is 0 Å². The van der Waals surface area contributed by atoms with Crippen LogP contribution in [0.15, 0.2) is 0 Å². The van der Waals surface area contributed by atoms with Crippen molar-refractivity contribution in [1.29, 1.82) is 0 Å². The Morgan fingerprint density at radius 2 is 0.942 bits per heavy atom. The minimum absolute atomic E-state index is 1.11. The molecule has 0 aromatic heterocycles. The van der Waals surface area contributed by atoms with Gasteiger partial charge in [0.25, 0.3) is 0 Å². The molecule has 0 aromatic rings. The monoisotopic (exact) mass is 1410 g/mol.